The van der Waals surface area contributed by atoms with E-state index >= 15 is 0 Å². The fourth-order valence-corrected chi connectivity index (χ4v) is 2.62. The van der Waals surface area contributed by atoms with Gasteiger partial charge in [-0.15, -0.1) is 0 Å². The second kappa shape index (κ2) is 4.85. The number of hydrogen-bond acceptors (Lipinski definition) is 2. The standard InChI is InChI=1S/C15H12INO2/c1-10-4-2-3-5-11(10)9-17-13-8-12(16)6-7-14(13)19-15(17)18/h2-8H,9H2,1H3. The van der Waals surface area contributed by atoms with E-state index in [0.717, 1.165) is 14.7 Å². The van der Waals surface area contributed by atoms with Crippen molar-refractivity contribution in [1.29, 1.82) is 0 Å². The Morgan fingerprint density at radius 3 is 2.79 bits per heavy atom. The molecule has 2 aromatic carbocycles. The van der Waals surface area contributed by atoms with Gasteiger partial charge in [-0.2, -0.15) is 0 Å². The number of nitrogens with zero attached hydrogens (tertiary/aromatic N) is 1. The molecule has 0 radical (unpaired) electrons. The molecule has 0 atom stereocenters. The molecule has 0 aliphatic heterocycles. The Hall–Kier alpha value is -1.56. The topological polar surface area (TPSA) is 35.1 Å². The van der Waals surface area contributed by atoms with Crippen molar-refractivity contribution >= 4 is 33.7 Å². The van der Waals surface area contributed by atoms with Crippen molar-refractivity contribution < 1.29 is 4.42 Å². The molecule has 1 heterocycles. The van der Waals surface area contributed by atoms with E-state index in [2.05, 4.69) is 22.6 Å². The molecule has 0 N–H and O–H groups in total. The minimum atomic E-state index is -0.305. The van der Waals surface area contributed by atoms with Gasteiger partial charge < -0.3 is 4.42 Å². The van der Waals surface area contributed by atoms with Crippen LogP contribution >= 0.6 is 22.6 Å². The highest BCUT2D eigenvalue weighted by atomic mass is 127. The van der Waals surface area contributed by atoms with Crippen LogP contribution in [0.5, 0.6) is 0 Å². The zero-order valence-electron chi connectivity index (χ0n) is 10.4. The summed E-state index contributed by atoms with van der Waals surface area (Å²) in [5.74, 6) is -0.305. The third-order valence-electron chi connectivity index (χ3n) is 3.22. The second-order valence-corrected chi connectivity index (χ2v) is 5.74. The van der Waals surface area contributed by atoms with E-state index in [1.54, 1.807) is 4.57 Å². The van der Waals surface area contributed by atoms with Crippen molar-refractivity contribution in [1.82, 2.24) is 4.57 Å². The maximum atomic E-state index is 12.0. The predicted octanol–water partition coefficient (Wildman–Crippen LogP) is 3.56. The molecule has 0 spiro atoms. The lowest BCUT2D eigenvalue weighted by atomic mass is 10.1. The molecule has 3 rings (SSSR count). The lowest BCUT2D eigenvalue weighted by molar-refractivity contribution is 0.517. The summed E-state index contributed by atoms with van der Waals surface area (Å²) in [6.07, 6.45) is 0. The van der Waals surface area contributed by atoms with Gasteiger partial charge in [0.15, 0.2) is 5.58 Å². The Kier molecular flexibility index (Phi) is 3.18. The largest absolute Gasteiger partial charge is 0.420 e. The fraction of sp³-hybridized carbons (Fsp3) is 0.133. The molecule has 0 bridgehead atoms. The minimum absolute atomic E-state index is 0.305. The molecule has 96 valence electrons. The molecule has 3 aromatic rings. The minimum Gasteiger partial charge on any atom is -0.408 e. The lowest BCUT2D eigenvalue weighted by Crippen LogP contribution is -2.15. The number of benzene rings is 2. The van der Waals surface area contributed by atoms with Gasteiger partial charge in [0.25, 0.3) is 0 Å². The van der Waals surface area contributed by atoms with Crippen LogP contribution in [0.1, 0.15) is 11.1 Å². The van der Waals surface area contributed by atoms with Crippen LogP contribution in [0.2, 0.25) is 0 Å². The Labute approximate surface area is 124 Å². The summed E-state index contributed by atoms with van der Waals surface area (Å²) in [7, 11) is 0. The molecule has 19 heavy (non-hydrogen) atoms. The Bertz CT molecular complexity index is 801. The van der Waals surface area contributed by atoms with Gasteiger partial charge in [-0.3, -0.25) is 4.57 Å². The van der Waals surface area contributed by atoms with Gasteiger partial charge in [0.1, 0.15) is 0 Å². The van der Waals surface area contributed by atoms with Gasteiger partial charge in [-0.1, -0.05) is 24.3 Å². The average molecular weight is 365 g/mol. The zero-order valence-corrected chi connectivity index (χ0v) is 12.5. The smallest absolute Gasteiger partial charge is 0.408 e. The van der Waals surface area contributed by atoms with Crippen LogP contribution in [-0.4, -0.2) is 4.57 Å². The number of aryl methyl sites for hydroxylation is 1. The highest BCUT2D eigenvalue weighted by Crippen LogP contribution is 2.18. The summed E-state index contributed by atoms with van der Waals surface area (Å²) in [4.78, 5) is 12.0. The molecule has 1 aromatic heterocycles. The first kappa shape index (κ1) is 12.5. The molecule has 0 unspecified atom stereocenters. The third kappa shape index (κ3) is 2.32. The molecule has 0 aliphatic carbocycles. The first-order chi connectivity index (χ1) is 9.15. The average Bonchev–Trinajstić information content (AvgIpc) is 2.69. The monoisotopic (exact) mass is 365 g/mol. The number of aromatic nitrogens is 1. The summed E-state index contributed by atoms with van der Waals surface area (Å²) < 4.78 is 8.04. The van der Waals surface area contributed by atoms with E-state index in [1.165, 1.54) is 5.56 Å². The van der Waals surface area contributed by atoms with Crippen molar-refractivity contribution in [2.75, 3.05) is 0 Å². The van der Waals surface area contributed by atoms with Crippen LogP contribution in [0.25, 0.3) is 11.1 Å². The number of halogens is 1. The van der Waals surface area contributed by atoms with E-state index in [0.29, 0.717) is 12.1 Å². The number of oxazole rings is 1. The molecule has 0 saturated heterocycles. The molecular weight excluding hydrogens is 353 g/mol. The van der Waals surface area contributed by atoms with Crippen molar-refractivity contribution in [2.24, 2.45) is 0 Å². The van der Waals surface area contributed by atoms with Gasteiger partial charge in [0, 0.05) is 3.57 Å². The molecule has 3 nitrogen and oxygen atoms in total. The van der Waals surface area contributed by atoms with Crippen LogP contribution in [0.3, 0.4) is 0 Å². The number of rotatable bonds is 2. The first-order valence-corrected chi connectivity index (χ1v) is 7.06. The molecular formula is C15H12INO2. The van der Waals surface area contributed by atoms with Crippen LogP contribution in [0, 0.1) is 10.5 Å². The first-order valence-electron chi connectivity index (χ1n) is 5.98. The predicted molar refractivity (Wildman–Crippen MR) is 83.5 cm³/mol. The maximum absolute atomic E-state index is 12.0. The van der Waals surface area contributed by atoms with E-state index < -0.39 is 0 Å². The number of fused-ring (bicyclic) bond motifs is 1. The van der Waals surface area contributed by atoms with E-state index in [1.807, 2.05) is 49.4 Å². The number of hydrogen-bond donors (Lipinski definition) is 0. The lowest BCUT2D eigenvalue weighted by Gasteiger charge is -2.06. The third-order valence-corrected chi connectivity index (χ3v) is 3.89. The highest BCUT2D eigenvalue weighted by molar-refractivity contribution is 14.1. The van der Waals surface area contributed by atoms with Gasteiger partial charge in [0.2, 0.25) is 0 Å². The van der Waals surface area contributed by atoms with E-state index in [9.17, 15) is 4.79 Å². The fourth-order valence-electron chi connectivity index (χ4n) is 2.14. The van der Waals surface area contributed by atoms with E-state index in [-0.39, 0.29) is 5.76 Å². The zero-order chi connectivity index (χ0) is 13.4. The van der Waals surface area contributed by atoms with Gasteiger partial charge >= 0.3 is 5.76 Å². The normalized spacial score (nSPS) is 11.1. The summed E-state index contributed by atoms with van der Waals surface area (Å²) in [5, 5.41) is 0. The molecule has 0 amide bonds. The second-order valence-electron chi connectivity index (χ2n) is 4.49. The molecule has 0 fully saturated rings. The van der Waals surface area contributed by atoms with Gasteiger partial charge in [-0.05, 0) is 58.8 Å². The van der Waals surface area contributed by atoms with Gasteiger partial charge in [-0.25, -0.2) is 4.79 Å². The maximum Gasteiger partial charge on any atom is 0.420 e. The molecule has 0 aliphatic rings. The van der Waals surface area contributed by atoms with Crippen molar-refractivity contribution in [3.63, 3.8) is 0 Å². The molecule has 0 saturated carbocycles. The molecule has 4 heteroatoms. The Morgan fingerprint density at radius 2 is 2.00 bits per heavy atom. The Balaban J connectivity index is 2.15. The van der Waals surface area contributed by atoms with Crippen molar-refractivity contribution in [3.05, 3.63) is 67.7 Å². The van der Waals surface area contributed by atoms with Crippen LogP contribution in [0.4, 0.5) is 0 Å². The summed E-state index contributed by atoms with van der Waals surface area (Å²) in [6.45, 7) is 2.59. The Morgan fingerprint density at radius 1 is 1.21 bits per heavy atom. The quantitative estimate of drug-likeness (QED) is 0.651. The van der Waals surface area contributed by atoms with Crippen LogP contribution < -0.4 is 5.76 Å². The summed E-state index contributed by atoms with van der Waals surface area (Å²) in [5.41, 5.74) is 3.79. The van der Waals surface area contributed by atoms with E-state index in [4.69, 9.17) is 4.42 Å². The van der Waals surface area contributed by atoms with Crippen molar-refractivity contribution in [3.8, 4) is 0 Å². The summed E-state index contributed by atoms with van der Waals surface area (Å²) in [6, 6.07) is 13.8. The van der Waals surface area contributed by atoms with Crippen LogP contribution in [-0.2, 0) is 6.54 Å². The SMILES string of the molecule is Cc1ccccc1Cn1c(=O)oc2ccc(I)cc21. The van der Waals surface area contributed by atoms with Gasteiger partial charge in [0.05, 0.1) is 12.1 Å². The highest BCUT2D eigenvalue weighted by Gasteiger charge is 2.10. The summed E-state index contributed by atoms with van der Waals surface area (Å²) >= 11 is 2.23. The van der Waals surface area contributed by atoms with Crippen molar-refractivity contribution in [2.45, 2.75) is 13.5 Å². The van der Waals surface area contributed by atoms with Crippen LogP contribution in [0.15, 0.2) is 51.7 Å².